The van der Waals surface area contributed by atoms with Crippen LogP contribution in [0, 0.1) is 11.8 Å². The van der Waals surface area contributed by atoms with Crippen LogP contribution < -0.4 is 4.90 Å². The van der Waals surface area contributed by atoms with Gasteiger partial charge in [-0.3, -0.25) is 4.57 Å². The number of nitrogens with zero attached hydrogens (tertiary/aromatic N) is 4. The molecule has 0 bridgehead atoms. The lowest BCUT2D eigenvalue weighted by atomic mass is 10.1. The highest BCUT2D eigenvalue weighted by Gasteiger charge is 2.55. The fourth-order valence-electron chi connectivity index (χ4n) is 3.63. The molecular formula is C15H21F3N4O3S. The maximum atomic E-state index is 13.4. The number of aliphatic hydroxyl groups is 1. The molecule has 1 aromatic heterocycles. The number of hydrogen-bond donors (Lipinski definition) is 1. The van der Waals surface area contributed by atoms with Gasteiger partial charge < -0.3 is 10.0 Å². The van der Waals surface area contributed by atoms with E-state index < -0.39 is 39.3 Å². The van der Waals surface area contributed by atoms with Crippen molar-refractivity contribution in [1.82, 2.24) is 14.8 Å². The predicted octanol–water partition coefficient (Wildman–Crippen LogP) is 1.08. The van der Waals surface area contributed by atoms with Crippen molar-refractivity contribution >= 4 is 15.8 Å². The molecule has 0 amide bonds. The summed E-state index contributed by atoms with van der Waals surface area (Å²) in [6, 6.07) is 0. The Hall–Kier alpha value is -1.36. The smallest absolute Gasteiger partial charge is 0.382 e. The predicted molar refractivity (Wildman–Crippen MR) is 86.3 cm³/mol. The van der Waals surface area contributed by atoms with Crippen LogP contribution in [0.3, 0.4) is 0 Å². The zero-order chi connectivity index (χ0) is 18.9. The number of rotatable bonds is 5. The van der Waals surface area contributed by atoms with E-state index in [9.17, 15) is 26.7 Å². The van der Waals surface area contributed by atoms with Crippen molar-refractivity contribution in [2.75, 3.05) is 24.2 Å². The maximum absolute atomic E-state index is 13.4. The van der Waals surface area contributed by atoms with Gasteiger partial charge in [-0.25, -0.2) is 8.42 Å². The molecule has 0 radical (unpaired) electrons. The highest BCUT2D eigenvalue weighted by molar-refractivity contribution is 7.91. The van der Waals surface area contributed by atoms with Gasteiger partial charge in [-0.2, -0.15) is 13.2 Å². The first-order valence-corrected chi connectivity index (χ1v) is 10.6. The van der Waals surface area contributed by atoms with Crippen LogP contribution in [0.25, 0.3) is 0 Å². The Kier molecular flexibility index (Phi) is 3.86. The first-order valence-electron chi connectivity index (χ1n) is 8.65. The molecule has 2 heterocycles. The molecule has 3 fully saturated rings. The molecule has 0 spiro atoms. The minimum Gasteiger partial charge on any atom is -0.382 e. The highest BCUT2D eigenvalue weighted by atomic mass is 32.2. The molecule has 11 heteroatoms. The average Bonchev–Trinajstić information content (AvgIpc) is 3.36. The van der Waals surface area contributed by atoms with Crippen LogP contribution in [0.5, 0.6) is 0 Å². The van der Waals surface area contributed by atoms with Gasteiger partial charge in [0.05, 0.1) is 11.2 Å². The van der Waals surface area contributed by atoms with E-state index in [2.05, 4.69) is 10.2 Å². The van der Waals surface area contributed by atoms with Gasteiger partial charge in [0.2, 0.25) is 5.95 Å². The number of sulfone groups is 1. The van der Waals surface area contributed by atoms with E-state index in [-0.39, 0.29) is 12.5 Å². The second kappa shape index (κ2) is 5.57. The van der Waals surface area contributed by atoms with Crippen molar-refractivity contribution < 1.29 is 26.7 Å². The molecule has 4 rings (SSSR count). The highest BCUT2D eigenvalue weighted by Crippen LogP contribution is 2.47. The Morgan fingerprint density at radius 1 is 1.23 bits per heavy atom. The molecule has 1 saturated heterocycles. The number of hydrogen-bond acceptors (Lipinski definition) is 6. The van der Waals surface area contributed by atoms with Crippen molar-refractivity contribution in [1.29, 1.82) is 0 Å². The summed E-state index contributed by atoms with van der Waals surface area (Å²) in [4.78, 5) is 1.36. The number of halogens is 3. The van der Waals surface area contributed by atoms with E-state index in [1.165, 1.54) is 4.90 Å². The molecule has 2 aliphatic carbocycles. The Balaban J connectivity index is 1.68. The Morgan fingerprint density at radius 2 is 1.88 bits per heavy atom. The van der Waals surface area contributed by atoms with E-state index >= 15 is 0 Å². The largest absolute Gasteiger partial charge is 0.394 e. The second-order valence-electron chi connectivity index (χ2n) is 7.83. The Bertz CT molecular complexity index is 815. The van der Waals surface area contributed by atoms with Gasteiger partial charge in [-0.1, -0.05) is 0 Å². The molecule has 0 unspecified atom stereocenters. The first kappa shape index (κ1) is 18.0. The van der Waals surface area contributed by atoms with Crippen LogP contribution in [0.2, 0.25) is 0 Å². The van der Waals surface area contributed by atoms with Crippen LogP contribution in [0.4, 0.5) is 19.1 Å². The summed E-state index contributed by atoms with van der Waals surface area (Å²) < 4.78 is 65.7. The zero-order valence-electron chi connectivity index (χ0n) is 14.3. The van der Waals surface area contributed by atoms with Crippen LogP contribution in [-0.2, 0) is 22.0 Å². The van der Waals surface area contributed by atoms with E-state index in [1.54, 1.807) is 4.57 Å². The monoisotopic (exact) mass is 394 g/mol. The van der Waals surface area contributed by atoms with Gasteiger partial charge in [0.1, 0.15) is 5.60 Å². The first-order chi connectivity index (χ1) is 12.0. The van der Waals surface area contributed by atoms with Crippen LogP contribution >= 0.6 is 0 Å². The SMILES string of the molecule is CS(=O)(=O)[C@@H]1CN(c2nnc(C3(O)CC3)n2CC2CC2)C[C@H]1C(F)(F)F. The molecule has 3 aliphatic rings. The topological polar surface area (TPSA) is 88.3 Å². The Labute approximate surface area is 149 Å². The van der Waals surface area contributed by atoms with E-state index in [4.69, 9.17) is 0 Å². The van der Waals surface area contributed by atoms with Crippen LogP contribution in [-0.4, -0.2) is 59.1 Å². The molecule has 1 aliphatic heterocycles. The lowest BCUT2D eigenvalue weighted by molar-refractivity contribution is -0.167. The number of anilines is 1. The fraction of sp³-hybridized carbons (Fsp3) is 0.867. The van der Waals surface area contributed by atoms with Crippen LogP contribution in [0.1, 0.15) is 31.5 Å². The lowest BCUT2D eigenvalue weighted by Gasteiger charge is -2.20. The molecule has 1 N–H and O–H groups in total. The average molecular weight is 394 g/mol. The molecule has 1 aromatic rings. The summed E-state index contributed by atoms with van der Waals surface area (Å²) in [6.07, 6.45) is -0.631. The van der Waals surface area contributed by atoms with Crippen molar-refractivity contribution in [2.24, 2.45) is 11.8 Å². The van der Waals surface area contributed by atoms with E-state index in [1.807, 2.05) is 0 Å². The third-order valence-electron chi connectivity index (χ3n) is 5.53. The second-order valence-corrected chi connectivity index (χ2v) is 10.1. The summed E-state index contributed by atoms with van der Waals surface area (Å²) in [5, 5.41) is 17.0. The molecule has 146 valence electrons. The van der Waals surface area contributed by atoms with Crippen molar-refractivity contribution in [3.05, 3.63) is 5.82 Å². The number of aromatic nitrogens is 3. The van der Waals surface area contributed by atoms with Gasteiger partial charge in [-0.05, 0) is 31.6 Å². The third-order valence-corrected chi connectivity index (χ3v) is 7.11. The van der Waals surface area contributed by atoms with Gasteiger partial charge in [0, 0.05) is 25.9 Å². The fourth-order valence-corrected chi connectivity index (χ4v) is 4.92. The normalized spacial score (nSPS) is 28.6. The van der Waals surface area contributed by atoms with Crippen molar-refractivity contribution in [3.63, 3.8) is 0 Å². The van der Waals surface area contributed by atoms with Gasteiger partial charge in [0.15, 0.2) is 15.7 Å². The summed E-state index contributed by atoms with van der Waals surface area (Å²) in [7, 11) is -3.88. The van der Waals surface area contributed by atoms with Crippen molar-refractivity contribution in [2.45, 2.75) is 49.3 Å². The van der Waals surface area contributed by atoms with Gasteiger partial charge in [0.25, 0.3) is 0 Å². The van der Waals surface area contributed by atoms with E-state index in [0.29, 0.717) is 31.1 Å². The standard InChI is InChI=1S/C15H21F3N4O3S/c1-26(24,25)11-8-21(7-10(11)15(16,17)18)13-20-19-12(14(23)4-5-14)22(13)6-9-2-3-9/h9-11,23H,2-8H2,1H3/t10-,11-/m1/s1. The maximum Gasteiger partial charge on any atom is 0.394 e. The summed E-state index contributed by atoms with van der Waals surface area (Å²) in [5.74, 6) is -0.952. The van der Waals surface area contributed by atoms with Gasteiger partial charge in [-0.15, -0.1) is 10.2 Å². The zero-order valence-corrected chi connectivity index (χ0v) is 15.1. The lowest BCUT2D eigenvalue weighted by Crippen LogP contribution is -2.37. The summed E-state index contributed by atoms with van der Waals surface area (Å²) in [6.45, 7) is -0.205. The molecule has 2 saturated carbocycles. The quantitative estimate of drug-likeness (QED) is 0.804. The summed E-state index contributed by atoms with van der Waals surface area (Å²) in [5.41, 5.74) is -1.06. The molecule has 26 heavy (non-hydrogen) atoms. The number of alkyl halides is 3. The summed E-state index contributed by atoms with van der Waals surface area (Å²) >= 11 is 0. The molecule has 2 atom stereocenters. The molecule has 0 aromatic carbocycles. The minimum absolute atomic E-state index is 0.229. The van der Waals surface area contributed by atoms with Gasteiger partial charge >= 0.3 is 6.18 Å². The van der Waals surface area contributed by atoms with Crippen LogP contribution in [0.15, 0.2) is 0 Å². The molecular weight excluding hydrogens is 373 g/mol. The molecule has 7 nitrogen and oxygen atoms in total. The minimum atomic E-state index is -4.61. The third kappa shape index (κ3) is 3.19. The Morgan fingerprint density at radius 3 is 2.35 bits per heavy atom. The van der Waals surface area contributed by atoms with Crippen molar-refractivity contribution in [3.8, 4) is 0 Å². The van der Waals surface area contributed by atoms with E-state index in [0.717, 1.165) is 19.1 Å².